The largest absolute Gasteiger partial charge is 0.497 e. The van der Waals surface area contributed by atoms with Crippen LogP contribution >= 0.6 is 0 Å². The van der Waals surface area contributed by atoms with Crippen molar-refractivity contribution in [2.75, 3.05) is 27.2 Å². The number of ether oxygens (including phenoxy) is 1. The van der Waals surface area contributed by atoms with Gasteiger partial charge >= 0.3 is 0 Å². The minimum atomic E-state index is -3.46. The lowest BCUT2D eigenvalue weighted by molar-refractivity contribution is 0.412. The van der Waals surface area contributed by atoms with Crippen molar-refractivity contribution in [3.8, 4) is 5.75 Å². The van der Waals surface area contributed by atoms with E-state index in [4.69, 9.17) is 10.5 Å². The number of hydrogen-bond acceptors (Lipinski definition) is 4. The highest BCUT2D eigenvalue weighted by molar-refractivity contribution is 7.87. The Kier molecular flexibility index (Phi) is 6.23. The van der Waals surface area contributed by atoms with Crippen LogP contribution in [0.25, 0.3) is 0 Å². The molecule has 6 nitrogen and oxygen atoms in total. The summed E-state index contributed by atoms with van der Waals surface area (Å²) in [6.45, 7) is 1.10. The van der Waals surface area contributed by atoms with Gasteiger partial charge in [0, 0.05) is 20.1 Å². The summed E-state index contributed by atoms with van der Waals surface area (Å²) in [5.41, 5.74) is 6.19. The van der Waals surface area contributed by atoms with Gasteiger partial charge in [-0.15, -0.1) is 0 Å². The topological polar surface area (TPSA) is 84.7 Å². The van der Waals surface area contributed by atoms with E-state index in [0.717, 1.165) is 5.56 Å². The maximum absolute atomic E-state index is 11.9. The van der Waals surface area contributed by atoms with Crippen LogP contribution in [0.15, 0.2) is 24.3 Å². The van der Waals surface area contributed by atoms with E-state index in [0.29, 0.717) is 25.3 Å². The number of benzene rings is 1. The van der Waals surface area contributed by atoms with Crippen molar-refractivity contribution in [3.05, 3.63) is 29.8 Å². The summed E-state index contributed by atoms with van der Waals surface area (Å²) in [6.07, 6.45) is 0.617. The van der Waals surface area contributed by atoms with Gasteiger partial charge in [-0.1, -0.05) is 12.1 Å². The Bertz CT molecular complexity index is 491. The van der Waals surface area contributed by atoms with E-state index in [1.54, 1.807) is 7.11 Å². The van der Waals surface area contributed by atoms with Gasteiger partial charge in [0.15, 0.2) is 0 Å². The van der Waals surface area contributed by atoms with Crippen LogP contribution in [0.4, 0.5) is 0 Å². The Morgan fingerprint density at radius 3 is 2.79 bits per heavy atom. The molecule has 0 aliphatic carbocycles. The van der Waals surface area contributed by atoms with Gasteiger partial charge in [0.1, 0.15) is 5.75 Å². The second-order valence-corrected chi connectivity index (χ2v) is 6.01. The van der Waals surface area contributed by atoms with Crippen LogP contribution in [-0.4, -0.2) is 40.0 Å². The molecule has 1 rings (SSSR count). The molecule has 7 heteroatoms. The molecule has 0 spiro atoms. The Hall–Kier alpha value is -1.15. The van der Waals surface area contributed by atoms with Gasteiger partial charge in [0.2, 0.25) is 0 Å². The highest BCUT2D eigenvalue weighted by atomic mass is 32.2. The second-order valence-electron chi connectivity index (χ2n) is 4.15. The molecule has 0 saturated carbocycles. The molecular formula is C12H21N3O3S. The Balaban J connectivity index is 2.64. The van der Waals surface area contributed by atoms with Crippen molar-refractivity contribution >= 4 is 10.2 Å². The standard InChI is InChI=1S/C12H21N3O3S/c1-15(19(16,17)14-8-4-7-13)10-11-5-3-6-12(9-11)18-2/h3,5-6,9,14H,4,7-8,10,13H2,1-2H3. The molecular weight excluding hydrogens is 266 g/mol. The summed E-state index contributed by atoms with van der Waals surface area (Å²) in [7, 11) is -0.354. The van der Waals surface area contributed by atoms with Crippen LogP contribution in [0.1, 0.15) is 12.0 Å². The van der Waals surface area contributed by atoms with Gasteiger partial charge in [-0.3, -0.25) is 0 Å². The molecule has 108 valence electrons. The maximum atomic E-state index is 11.9. The third-order valence-electron chi connectivity index (χ3n) is 2.62. The first-order chi connectivity index (χ1) is 8.99. The molecule has 0 heterocycles. The fraction of sp³-hybridized carbons (Fsp3) is 0.500. The van der Waals surface area contributed by atoms with E-state index in [-0.39, 0.29) is 6.54 Å². The van der Waals surface area contributed by atoms with E-state index < -0.39 is 10.2 Å². The van der Waals surface area contributed by atoms with Gasteiger partial charge in [-0.2, -0.15) is 12.7 Å². The Morgan fingerprint density at radius 2 is 2.16 bits per heavy atom. The molecule has 0 unspecified atom stereocenters. The minimum Gasteiger partial charge on any atom is -0.497 e. The molecule has 0 aliphatic rings. The molecule has 1 aromatic carbocycles. The van der Waals surface area contributed by atoms with Gasteiger partial charge in [-0.05, 0) is 30.7 Å². The Labute approximate surface area is 114 Å². The zero-order chi connectivity index (χ0) is 14.3. The molecule has 0 radical (unpaired) electrons. The number of nitrogens with zero attached hydrogens (tertiary/aromatic N) is 1. The predicted molar refractivity (Wildman–Crippen MR) is 75.1 cm³/mol. The quantitative estimate of drug-likeness (QED) is 0.674. The molecule has 0 saturated heterocycles. The summed E-state index contributed by atoms with van der Waals surface area (Å²) in [4.78, 5) is 0. The zero-order valence-corrected chi connectivity index (χ0v) is 12.1. The monoisotopic (exact) mass is 287 g/mol. The van der Waals surface area contributed by atoms with Gasteiger partial charge in [0.25, 0.3) is 10.2 Å². The first kappa shape index (κ1) is 15.9. The smallest absolute Gasteiger partial charge is 0.279 e. The van der Waals surface area contributed by atoms with Crippen molar-refractivity contribution < 1.29 is 13.2 Å². The molecule has 1 aromatic rings. The molecule has 0 fully saturated rings. The third-order valence-corrected chi connectivity index (χ3v) is 4.13. The SMILES string of the molecule is COc1cccc(CN(C)S(=O)(=O)NCCCN)c1. The normalized spacial score (nSPS) is 11.8. The van der Waals surface area contributed by atoms with Crippen molar-refractivity contribution in [1.82, 2.24) is 9.03 Å². The van der Waals surface area contributed by atoms with Crippen molar-refractivity contribution in [2.24, 2.45) is 5.73 Å². The van der Waals surface area contributed by atoms with Crippen molar-refractivity contribution in [3.63, 3.8) is 0 Å². The van der Waals surface area contributed by atoms with Crippen LogP contribution in [0.2, 0.25) is 0 Å². The average Bonchev–Trinajstić information content (AvgIpc) is 2.39. The molecule has 3 N–H and O–H groups in total. The second kappa shape index (κ2) is 7.44. The van der Waals surface area contributed by atoms with Crippen LogP contribution in [-0.2, 0) is 16.8 Å². The number of nitrogens with one attached hydrogen (secondary N) is 1. The minimum absolute atomic E-state index is 0.287. The highest BCUT2D eigenvalue weighted by Gasteiger charge is 2.16. The summed E-state index contributed by atoms with van der Waals surface area (Å²) in [5, 5.41) is 0. The van der Waals surface area contributed by atoms with E-state index in [2.05, 4.69) is 4.72 Å². The molecule has 0 atom stereocenters. The molecule has 0 amide bonds. The van der Waals surface area contributed by atoms with E-state index >= 15 is 0 Å². The maximum Gasteiger partial charge on any atom is 0.279 e. The number of methoxy groups -OCH3 is 1. The summed E-state index contributed by atoms with van der Waals surface area (Å²) < 4.78 is 32.7. The predicted octanol–water partition coefficient (Wildman–Crippen LogP) is 0.310. The van der Waals surface area contributed by atoms with Crippen LogP contribution < -0.4 is 15.2 Å². The van der Waals surface area contributed by atoms with Gasteiger partial charge < -0.3 is 10.5 Å². The van der Waals surface area contributed by atoms with Crippen molar-refractivity contribution in [2.45, 2.75) is 13.0 Å². The lowest BCUT2D eigenvalue weighted by Crippen LogP contribution is -2.38. The summed E-state index contributed by atoms with van der Waals surface area (Å²) in [6, 6.07) is 7.31. The lowest BCUT2D eigenvalue weighted by atomic mass is 10.2. The van der Waals surface area contributed by atoms with Crippen molar-refractivity contribution in [1.29, 1.82) is 0 Å². The first-order valence-corrected chi connectivity index (χ1v) is 7.47. The number of nitrogens with two attached hydrogens (primary N) is 1. The van der Waals surface area contributed by atoms with E-state index in [1.165, 1.54) is 11.4 Å². The fourth-order valence-electron chi connectivity index (χ4n) is 1.53. The van der Waals surface area contributed by atoms with Crippen LogP contribution in [0, 0.1) is 0 Å². The summed E-state index contributed by atoms with van der Waals surface area (Å²) in [5.74, 6) is 0.708. The molecule has 19 heavy (non-hydrogen) atoms. The number of hydrogen-bond donors (Lipinski definition) is 2. The van der Waals surface area contributed by atoms with Gasteiger partial charge in [0.05, 0.1) is 7.11 Å². The molecule has 0 aromatic heterocycles. The average molecular weight is 287 g/mol. The van der Waals surface area contributed by atoms with Gasteiger partial charge in [-0.25, -0.2) is 4.72 Å². The number of rotatable bonds is 8. The molecule has 0 aliphatic heterocycles. The zero-order valence-electron chi connectivity index (χ0n) is 11.3. The molecule has 0 bridgehead atoms. The van der Waals surface area contributed by atoms with E-state index in [9.17, 15) is 8.42 Å². The Morgan fingerprint density at radius 1 is 1.42 bits per heavy atom. The highest BCUT2D eigenvalue weighted by Crippen LogP contribution is 2.14. The summed E-state index contributed by atoms with van der Waals surface area (Å²) >= 11 is 0. The first-order valence-electron chi connectivity index (χ1n) is 6.03. The van der Waals surface area contributed by atoms with E-state index in [1.807, 2.05) is 24.3 Å². The van der Waals surface area contributed by atoms with Crippen LogP contribution in [0.5, 0.6) is 5.75 Å². The third kappa shape index (κ3) is 5.15. The lowest BCUT2D eigenvalue weighted by Gasteiger charge is -2.18. The fourth-order valence-corrected chi connectivity index (χ4v) is 2.47. The van der Waals surface area contributed by atoms with Crippen LogP contribution in [0.3, 0.4) is 0 Å².